The van der Waals surface area contributed by atoms with Crippen molar-refractivity contribution in [1.82, 2.24) is 0 Å². The maximum atomic E-state index is 13.7. The largest absolute Gasteiger partial charge is 0.481 e. The number of hydrogen-bond acceptors (Lipinski definition) is 2. The van der Waals surface area contributed by atoms with Gasteiger partial charge in [0, 0.05) is 16.6 Å². The Morgan fingerprint density at radius 2 is 1.84 bits per heavy atom. The highest BCUT2D eigenvalue weighted by atomic mass is 79.9. The van der Waals surface area contributed by atoms with Crippen LogP contribution in [0.5, 0.6) is 5.75 Å². The molecule has 1 atom stereocenters. The van der Waals surface area contributed by atoms with Crippen molar-refractivity contribution in [1.29, 1.82) is 0 Å². The minimum Gasteiger partial charge on any atom is -0.481 e. The molecular weight excluding hydrogens is 316 g/mol. The number of ether oxygens (including phenoxy) is 1. The summed E-state index contributed by atoms with van der Waals surface area (Å²) < 4.78 is 33.4. The molecule has 0 heterocycles. The lowest BCUT2D eigenvalue weighted by Gasteiger charge is -2.18. The van der Waals surface area contributed by atoms with Crippen LogP contribution < -0.4 is 10.5 Å². The van der Waals surface area contributed by atoms with E-state index in [0.29, 0.717) is 10.0 Å². The molecule has 0 saturated carbocycles. The van der Waals surface area contributed by atoms with Crippen molar-refractivity contribution in [2.75, 3.05) is 6.54 Å². The Balaban J connectivity index is 2.27. The molecule has 2 rings (SSSR count). The lowest BCUT2D eigenvalue weighted by atomic mass is 10.1. The van der Waals surface area contributed by atoms with E-state index in [9.17, 15) is 8.78 Å². The Hall–Kier alpha value is -1.46. The zero-order valence-electron chi connectivity index (χ0n) is 9.95. The lowest BCUT2D eigenvalue weighted by Crippen LogP contribution is -2.20. The summed E-state index contributed by atoms with van der Waals surface area (Å²) in [6.45, 7) is 0.0520. The third kappa shape index (κ3) is 3.30. The minimum atomic E-state index is -0.725. The Kier molecular flexibility index (Phi) is 4.50. The maximum Gasteiger partial charge on any atom is 0.166 e. The van der Waals surface area contributed by atoms with Gasteiger partial charge in [0.1, 0.15) is 11.9 Å². The van der Waals surface area contributed by atoms with E-state index in [-0.39, 0.29) is 12.3 Å². The van der Waals surface area contributed by atoms with Gasteiger partial charge < -0.3 is 10.5 Å². The zero-order valence-corrected chi connectivity index (χ0v) is 11.5. The van der Waals surface area contributed by atoms with Crippen molar-refractivity contribution in [3.8, 4) is 5.75 Å². The predicted octanol–water partition coefficient (Wildman–Crippen LogP) is 3.81. The highest BCUT2D eigenvalue weighted by molar-refractivity contribution is 9.10. The second-order valence-corrected chi connectivity index (χ2v) is 4.85. The second-order valence-electron chi connectivity index (χ2n) is 3.94. The fourth-order valence-corrected chi connectivity index (χ4v) is 2.03. The van der Waals surface area contributed by atoms with Crippen molar-refractivity contribution >= 4 is 15.9 Å². The number of nitrogens with two attached hydrogens (primary N) is 1. The molecule has 0 aliphatic rings. The van der Waals surface area contributed by atoms with Crippen molar-refractivity contribution in [2.45, 2.75) is 6.10 Å². The summed E-state index contributed by atoms with van der Waals surface area (Å²) in [6, 6.07) is 10.6. The van der Waals surface area contributed by atoms with Gasteiger partial charge in [0.2, 0.25) is 0 Å². The number of benzene rings is 2. The van der Waals surface area contributed by atoms with Gasteiger partial charge in [-0.2, -0.15) is 0 Å². The van der Waals surface area contributed by atoms with Crippen molar-refractivity contribution < 1.29 is 13.5 Å². The molecule has 2 N–H and O–H groups in total. The van der Waals surface area contributed by atoms with E-state index < -0.39 is 17.7 Å². The predicted molar refractivity (Wildman–Crippen MR) is 72.9 cm³/mol. The molecule has 0 aliphatic carbocycles. The summed E-state index contributed by atoms with van der Waals surface area (Å²) in [4.78, 5) is 0. The molecule has 2 nitrogen and oxygen atoms in total. The van der Waals surface area contributed by atoms with Crippen molar-refractivity contribution in [2.24, 2.45) is 5.73 Å². The van der Waals surface area contributed by atoms with Gasteiger partial charge in [-0.3, -0.25) is 0 Å². The number of hydrogen-bond donors (Lipinski definition) is 1. The van der Waals surface area contributed by atoms with E-state index in [4.69, 9.17) is 10.5 Å². The molecular formula is C14H12BrF2NO. The monoisotopic (exact) mass is 327 g/mol. The standard InChI is InChI=1S/C14H12BrF2NO/c15-9-5-6-13(12(17)7-9)19-14(8-18)10-3-1-2-4-11(10)16/h1-7,14H,8,18H2. The molecule has 19 heavy (non-hydrogen) atoms. The molecule has 0 radical (unpaired) electrons. The van der Waals surface area contributed by atoms with Crippen LogP contribution >= 0.6 is 15.9 Å². The summed E-state index contributed by atoms with van der Waals surface area (Å²) in [7, 11) is 0. The molecule has 0 aliphatic heterocycles. The normalized spacial score (nSPS) is 12.2. The van der Waals surface area contributed by atoms with Crippen LogP contribution in [0.15, 0.2) is 46.9 Å². The first-order valence-corrected chi connectivity index (χ1v) is 6.47. The first-order chi connectivity index (χ1) is 9.11. The lowest BCUT2D eigenvalue weighted by molar-refractivity contribution is 0.199. The molecule has 2 aromatic rings. The Labute approximate surface area is 118 Å². The highest BCUT2D eigenvalue weighted by Gasteiger charge is 2.17. The summed E-state index contributed by atoms with van der Waals surface area (Å²) in [5.41, 5.74) is 5.89. The zero-order chi connectivity index (χ0) is 13.8. The molecule has 0 saturated heterocycles. The van der Waals surface area contributed by atoms with Crippen LogP contribution in [0.2, 0.25) is 0 Å². The quantitative estimate of drug-likeness (QED) is 0.926. The first kappa shape index (κ1) is 14.0. The van der Waals surface area contributed by atoms with E-state index >= 15 is 0 Å². The third-order valence-corrected chi connectivity index (χ3v) is 3.12. The van der Waals surface area contributed by atoms with Crippen LogP contribution in [0.1, 0.15) is 11.7 Å². The molecule has 1 unspecified atom stereocenters. The van der Waals surface area contributed by atoms with Crippen LogP contribution in [0.4, 0.5) is 8.78 Å². The van der Waals surface area contributed by atoms with Crippen LogP contribution in [-0.4, -0.2) is 6.54 Å². The minimum absolute atomic E-state index is 0.0434. The summed E-state index contributed by atoms with van der Waals surface area (Å²) in [5, 5.41) is 0. The Bertz CT molecular complexity index is 577. The van der Waals surface area contributed by atoms with E-state index in [1.165, 1.54) is 18.2 Å². The van der Waals surface area contributed by atoms with E-state index in [1.807, 2.05) is 0 Å². The molecule has 5 heteroatoms. The maximum absolute atomic E-state index is 13.7. The van der Waals surface area contributed by atoms with Crippen molar-refractivity contribution in [3.05, 3.63) is 64.1 Å². The van der Waals surface area contributed by atoms with Gasteiger partial charge in [0.25, 0.3) is 0 Å². The summed E-state index contributed by atoms with van der Waals surface area (Å²) >= 11 is 3.16. The van der Waals surface area contributed by atoms with Crippen LogP contribution in [0, 0.1) is 11.6 Å². The third-order valence-electron chi connectivity index (χ3n) is 2.63. The van der Waals surface area contributed by atoms with Crippen LogP contribution in [-0.2, 0) is 0 Å². The van der Waals surface area contributed by atoms with Gasteiger partial charge in [0.15, 0.2) is 11.6 Å². The molecule has 0 bridgehead atoms. The van der Waals surface area contributed by atoms with Gasteiger partial charge in [-0.1, -0.05) is 34.1 Å². The van der Waals surface area contributed by atoms with E-state index in [0.717, 1.165) is 0 Å². The molecule has 2 aromatic carbocycles. The summed E-state index contributed by atoms with van der Waals surface area (Å²) in [5.74, 6) is -0.901. The SMILES string of the molecule is NCC(Oc1ccc(Br)cc1F)c1ccccc1F. The fourth-order valence-electron chi connectivity index (χ4n) is 1.70. The molecule has 100 valence electrons. The topological polar surface area (TPSA) is 35.2 Å². The Morgan fingerprint density at radius 1 is 1.11 bits per heavy atom. The average molecular weight is 328 g/mol. The smallest absolute Gasteiger partial charge is 0.166 e. The summed E-state index contributed by atoms with van der Waals surface area (Å²) in [6.07, 6.45) is -0.725. The number of halogens is 3. The second kappa shape index (κ2) is 6.12. The molecule has 0 fully saturated rings. The van der Waals surface area contributed by atoms with Gasteiger partial charge >= 0.3 is 0 Å². The molecule has 0 aromatic heterocycles. The van der Waals surface area contributed by atoms with Crippen molar-refractivity contribution in [3.63, 3.8) is 0 Å². The number of rotatable bonds is 4. The first-order valence-electron chi connectivity index (χ1n) is 5.68. The van der Waals surface area contributed by atoms with Gasteiger partial charge in [-0.05, 0) is 24.3 Å². The van der Waals surface area contributed by atoms with Gasteiger partial charge in [-0.15, -0.1) is 0 Å². The molecule has 0 amide bonds. The van der Waals surface area contributed by atoms with E-state index in [2.05, 4.69) is 15.9 Å². The van der Waals surface area contributed by atoms with Crippen LogP contribution in [0.25, 0.3) is 0 Å². The average Bonchev–Trinajstić information content (AvgIpc) is 2.39. The molecule has 0 spiro atoms. The van der Waals surface area contributed by atoms with E-state index in [1.54, 1.807) is 24.3 Å². The fraction of sp³-hybridized carbons (Fsp3) is 0.143. The van der Waals surface area contributed by atoms with Crippen LogP contribution in [0.3, 0.4) is 0 Å². The van der Waals surface area contributed by atoms with Gasteiger partial charge in [-0.25, -0.2) is 8.78 Å². The Morgan fingerprint density at radius 3 is 2.47 bits per heavy atom. The van der Waals surface area contributed by atoms with Gasteiger partial charge in [0.05, 0.1) is 0 Å². The highest BCUT2D eigenvalue weighted by Crippen LogP contribution is 2.27.